The van der Waals surface area contributed by atoms with E-state index in [9.17, 15) is 9.59 Å². The minimum atomic E-state index is -0.631. The summed E-state index contributed by atoms with van der Waals surface area (Å²) in [5.41, 5.74) is -0.631. The van der Waals surface area contributed by atoms with Crippen LogP contribution in [0.25, 0.3) is 0 Å². The minimum Gasteiger partial charge on any atom is -0.464 e. The molecular formula is C17H26BrN3O5S. The lowest BCUT2D eigenvalue weighted by atomic mass is 10.0. The van der Waals surface area contributed by atoms with Crippen LogP contribution in [0, 0.1) is 0 Å². The van der Waals surface area contributed by atoms with E-state index in [1.54, 1.807) is 27.9 Å². The molecule has 0 radical (unpaired) electrons. The second-order valence-corrected chi connectivity index (χ2v) is 9.02. The molecule has 1 aromatic heterocycles. The number of likely N-dealkylation sites (tertiary alicyclic amines) is 1. The standard InChI is InChI=1S/C17H26BrN3O5S/c1-10(22)25-8-12(19-16(23)26-17(2,3)4)14(15-20-13(18)9-27-15)21-6-11(7-21)24-5/h9,11-12,14H,6-8H2,1-5H3,(H,19,23)/t12-,14+/m1/s1. The fraction of sp³-hybridized carbons (Fsp3) is 0.706. The van der Waals surface area contributed by atoms with Crippen LogP contribution in [0.5, 0.6) is 0 Å². The largest absolute Gasteiger partial charge is 0.464 e. The Morgan fingerprint density at radius 2 is 2.11 bits per heavy atom. The van der Waals surface area contributed by atoms with Crippen LogP contribution in [0.3, 0.4) is 0 Å². The number of esters is 1. The fourth-order valence-electron chi connectivity index (χ4n) is 2.71. The summed E-state index contributed by atoms with van der Waals surface area (Å²) in [6, 6.07) is -0.779. The molecule has 2 atom stereocenters. The van der Waals surface area contributed by atoms with E-state index in [4.69, 9.17) is 14.2 Å². The first kappa shape index (κ1) is 22.1. The van der Waals surface area contributed by atoms with E-state index in [1.807, 2.05) is 5.38 Å². The number of amides is 1. The van der Waals surface area contributed by atoms with Crippen molar-refractivity contribution in [1.82, 2.24) is 15.2 Å². The summed E-state index contributed by atoms with van der Waals surface area (Å²) in [5.74, 6) is -0.413. The third-order valence-corrected chi connectivity index (χ3v) is 5.52. The van der Waals surface area contributed by atoms with E-state index in [-0.39, 0.29) is 18.8 Å². The number of alkyl carbamates (subject to hydrolysis) is 1. The SMILES string of the molecule is COC1CN([C@H](c2nc(Br)cs2)[C@@H](COC(C)=O)NC(=O)OC(C)(C)C)C1. The number of carbonyl (C=O) groups excluding carboxylic acids is 2. The maximum atomic E-state index is 12.4. The zero-order valence-electron chi connectivity index (χ0n) is 16.2. The molecule has 2 heterocycles. The van der Waals surface area contributed by atoms with Gasteiger partial charge in [0.05, 0.1) is 18.2 Å². The maximum absolute atomic E-state index is 12.4. The van der Waals surface area contributed by atoms with Crippen LogP contribution in [-0.4, -0.2) is 66.5 Å². The van der Waals surface area contributed by atoms with Crippen molar-refractivity contribution in [3.63, 3.8) is 0 Å². The van der Waals surface area contributed by atoms with Crippen LogP contribution < -0.4 is 5.32 Å². The summed E-state index contributed by atoms with van der Waals surface area (Å²) >= 11 is 4.85. The van der Waals surface area contributed by atoms with E-state index in [2.05, 4.69) is 31.1 Å². The Morgan fingerprint density at radius 1 is 1.44 bits per heavy atom. The lowest BCUT2D eigenvalue weighted by Gasteiger charge is -2.45. The van der Waals surface area contributed by atoms with Gasteiger partial charge in [-0.1, -0.05) is 0 Å². The molecule has 0 bridgehead atoms. The second-order valence-electron chi connectivity index (χ2n) is 7.32. The van der Waals surface area contributed by atoms with Crippen LogP contribution in [0.4, 0.5) is 4.79 Å². The van der Waals surface area contributed by atoms with Crippen molar-refractivity contribution in [2.24, 2.45) is 0 Å². The highest BCUT2D eigenvalue weighted by atomic mass is 79.9. The van der Waals surface area contributed by atoms with Crippen molar-refractivity contribution in [1.29, 1.82) is 0 Å². The smallest absolute Gasteiger partial charge is 0.408 e. The van der Waals surface area contributed by atoms with E-state index in [0.717, 1.165) is 9.61 Å². The lowest BCUT2D eigenvalue weighted by molar-refractivity contribution is -0.143. The molecule has 1 aromatic rings. The van der Waals surface area contributed by atoms with Gasteiger partial charge in [-0.3, -0.25) is 9.69 Å². The van der Waals surface area contributed by atoms with Gasteiger partial charge >= 0.3 is 12.1 Å². The molecule has 0 aromatic carbocycles. The lowest BCUT2D eigenvalue weighted by Crippen LogP contribution is -2.59. The topological polar surface area (TPSA) is 90.0 Å². The molecule has 27 heavy (non-hydrogen) atoms. The Kier molecular flexibility index (Phi) is 7.61. The van der Waals surface area contributed by atoms with Crippen molar-refractivity contribution in [2.45, 2.75) is 51.5 Å². The molecule has 1 N–H and O–H groups in total. The molecular weight excluding hydrogens is 438 g/mol. The number of hydrogen-bond donors (Lipinski definition) is 1. The van der Waals surface area contributed by atoms with Gasteiger partial charge in [0.25, 0.3) is 0 Å². The first-order valence-corrected chi connectivity index (χ1v) is 10.3. The van der Waals surface area contributed by atoms with Gasteiger partial charge in [0.2, 0.25) is 0 Å². The first-order valence-electron chi connectivity index (χ1n) is 8.59. The van der Waals surface area contributed by atoms with Crippen LogP contribution in [-0.2, 0) is 19.0 Å². The number of aromatic nitrogens is 1. The number of halogens is 1. The average molecular weight is 464 g/mol. The Bertz CT molecular complexity index is 657. The highest BCUT2D eigenvalue weighted by Gasteiger charge is 2.40. The van der Waals surface area contributed by atoms with Crippen LogP contribution >= 0.6 is 27.3 Å². The number of hydrogen-bond acceptors (Lipinski definition) is 8. The van der Waals surface area contributed by atoms with Gasteiger partial charge in [-0.25, -0.2) is 9.78 Å². The summed E-state index contributed by atoms with van der Waals surface area (Å²) in [6.45, 7) is 8.13. The number of ether oxygens (including phenoxy) is 3. The van der Waals surface area contributed by atoms with E-state index >= 15 is 0 Å². The van der Waals surface area contributed by atoms with Gasteiger partial charge in [-0.15, -0.1) is 11.3 Å². The third-order valence-electron chi connectivity index (χ3n) is 3.90. The zero-order valence-corrected chi connectivity index (χ0v) is 18.6. The van der Waals surface area contributed by atoms with Crippen molar-refractivity contribution in [3.8, 4) is 0 Å². The molecule has 0 aliphatic carbocycles. The van der Waals surface area contributed by atoms with Crippen molar-refractivity contribution in [2.75, 3.05) is 26.8 Å². The van der Waals surface area contributed by atoms with Gasteiger partial charge in [0, 0.05) is 32.5 Å². The van der Waals surface area contributed by atoms with Gasteiger partial charge in [-0.05, 0) is 36.7 Å². The normalized spacial score (nSPS) is 17.7. The van der Waals surface area contributed by atoms with Gasteiger partial charge < -0.3 is 19.5 Å². The molecule has 1 saturated heterocycles. The molecule has 1 aliphatic heterocycles. The molecule has 0 spiro atoms. The molecule has 8 nitrogen and oxygen atoms in total. The summed E-state index contributed by atoms with van der Waals surface area (Å²) in [7, 11) is 1.67. The van der Waals surface area contributed by atoms with Crippen LogP contribution in [0.1, 0.15) is 38.7 Å². The highest BCUT2D eigenvalue weighted by Crippen LogP contribution is 2.33. The number of rotatable bonds is 7. The molecule has 2 rings (SSSR count). The average Bonchev–Trinajstić information content (AvgIpc) is 2.91. The Labute approximate surface area is 171 Å². The number of methoxy groups -OCH3 is 1. The van der Waals surface area contributed by atoms with Crippen molar-refractivity contribution >= 4 is 39.3 Å². The molecule has 1 aliphatic rings. The van der Waals surface area contributed by atoms with E-state index in [0.29, 0.717) is 13.1 Å². The Balaban J connectivity index is 2.22. The summed E-state index contributed by atoms with van der Waals surface area (Å²) in [5, 5.41) is 5.54. The fourth-order valence-corrected chi connectivity index (χ4v) is 4.17. The van der Waals surface area contributed by atoms with E-state index in [1.165, 1.54) is 18.3 Å². The maximum Gasteiger partial charge on any atom is 0.408 e. The Hall–Kier alpha value is -1.23. The third kappa shape index (κ3) is 6.70. The number of nitrogens with zero attached hydrogens (tertiary/aromatic N) is 2. The monoisotopic (exact) mass is 463 g/mol. The molecule has 0 saturated carbocycles. The van der Waals surface area contributed by atoms with Crippen molar-refractivity contribution < 1.29 is 23.8 Å². The minimum absolute atomic E-state index is 0.0184. The van der Waals surface area contributed by atoms with E-state index < -0.39 is 23.7 Å². The van der Waals surface area contributed by atoms with Gasteiger partial charge in [0.15, 0.2) is 0 Å². The highest BCUT2D eigenvalue weighted by molar-refractivity contribution is 9.10. The van der Waals surface area contributed by atoms with Crippen LogP contribution in [0.2, 0.25) is 0 Å². The molecule has 152 valence electrons. The summed E-state index contributed by atoms with van der Waals surface area (Å²) < 4.78 is 16.7. The Morgan fingerprint density at radius 3 is 2.59 bits per heavy atom. The second kappa shape index (κ2) is 9.31. The zero-order chi connectivity index (χ0) is 20.2. The van der Waals surface area contributed by atoms with Gasteiger partial charge in [-0.2, -0.15) is 0 Å². The molecule has 1 amide bonds. The predicted octanol–water partition coefficient (Wildman–Crippen LogP) is 2.73. The predicted molar refractivity (Wildman–Crippen MR) is 105 cm³/mol. The van der Waals surface area contributed by atoms with Crippen molar-refractivity contribution in [3.05, 3.63) is 15.0 Å². The number of thiazole rings is 1. The van der Waals surface area contributed by atoms with Gasteiger partial charge in [0.1, 0.15) is 21.8 Å². The number of nitrogens with one attached hydrogen (secondary N) is 1. The number of carbonyl (C=O) groups is 2. The quantitative estimate of drug-likeness (QED) is 0.621. The molecule has 0 unspecified atom stereocenters. The molecule has 1 fully saturated rings. The summed E-state index contributed by atoms with van der Waals surface area (Å²) in [6.07, 6.45) is -0.434. The van der Waals surface area contributed by atoms with Crippen LogP contribution in [0.15, 0.2) is 9.98 Å². The molecule has 10 heteroatoms. The summed E-state index contributed by atoms with van der Waals surface area (Å²) in [4.78, 5) is 30.4. The first-order chi connectivity index (χ1) is 12.6.